The molecule has 0 saturated carbocycles. The summed E-state index contributed by atoms with van der Waals surface area (Å²) in [5, 5.41) is 12.5. The number of carbonyl (C=O) groups excluding carboxylic acids is 1. The van der Waals surface area contributed by atoms with E-state index < -0.39 is 0 Å². The summed E-state index contributed by atoms with van der Waals surface area (Å²) in [6.07, 6.45) is 4.87. The van der Waals surface area contributed by atoms with Crippen LogP contribution in [0.1, 0.15) is 26.7 Å². The van der Waals surface area contributed by atoms with Crippen molar-refractivity contribution in [3.8, 4) is 5.82 Å². The minimum Gasteiger partial charge on any atom is -0.352 e. The van der Waals surface area contributed by atoms with Crippen molar-refractivity contribution in [2.24, 2.45) is 5.92 Å². The summed E-state index contributed by atoms with van der Waals surface area (Å²) in [5.41, 5.74) is 0. The molecule has 0 aliphatic carbocycles. The predicted molar refractivity (Wildman–Crippen MR) is 89.8 cm³/mol. The van der Waals surface area contributed by atoms with Crippen LogP contribution in [0.3, 0.4) is 0 Å². The molecule has 0 aromatic carbocycles. The molecule has 3 heterocycles. The van der Waals surface area contributed by atoms with E-state index in [1.165, 1.54) is 6.33 Å². The van der Waals surface area contributed by atoms with E-state index in [9.17, 15) is 4.79 Å². The highest BCUT2D eigenvalue weighted by Crippen LogP contribution is 2.17. The third-order valence-electron chi connectivity index (χ3n) is 4.54. The molecule has 8 heteroatoms. The van der Waals surface area contributed by atoms with Crippen molar-refractivity contribution in [1.29, 1.82) is 0 Å². The number of nitrogens with zero attached hydrogens (tertiary/aromatic N) is 7. The number of piperazine rings is 1. The van der Waals surface area contributed by atoms with Crippen LogP contribution in [-0.2, 0) is 4.79 Å². The van der Waals surface area contributed by atoms with E-state index in [0.717, 1.165) is 44.8 Å². The molecule has 0 unspecified atom stereocenters. The summed E-state index contributed by atoms with van der Waals surface area (Å²) in [6.45, 7) is 7.19. The number of rotatable bonds is 5. The van der Waals surface area contributed by atoms with Gasteiger partial charge in [-0.2, -0.15) is 5.10 Å². The predicted octanol–water partition coefficient (Wildman–Crippen LogP) is 1.14. The Hall–Kier alpha value is -2.51. The highest BCUT2D eigenvalue weighted by atomic mass is 16.2. The van der Waals surface area contributed by atoms with Gasteiger partial charge >= 0.3 is 0 Å². The lowest BCUT2D eigenvalue weighted by Crippen LogP contribution is -2.50. The number of amides is 1. The molecule has 0 atom stereocenters. The van der Waals surface area contributed by atoms with Crippen LogP contribution in [0.25, 0.3) is 5.82 Å². The highest BCUT2D eigenvalue weighted by molar-refractivity contribution is 5.79. The van der Waals surface area contributed by atoms with Gasteiger partial charge in [-0.1, -0.05) is 13.8 Å². The van der Waals surface area contributed by atoms with E-state index in [-0.39, 0.29) is 11.8 Å². The van der Waals surface area contributed by atoms with Gasteiger partial charge in [0, 0.05) is 32.1 Å². The highest BCUT2D eigenvalue weighted by Gasteiger charge is 2.26. The number of anilines is 1. The molecule has 3 rings (SSSR count). The lowest BCUT2D eigenvalue weighted by Gasteiger charge is -2.36. The molecule has 1 aliphatic heterocycles. The Morgan fingerprint density at radius 2 is 1.75 bits per heavy atom. The maximum absolute atomic E-state index is 12.4. The summed E-state index contributed by atoms with van der Waals surface area (Å²) < 4.78 is 1.57. The fraction of sp³-hybridized carbons (Fsp3) is 0.562. The molecule has 0 bridgehead atoms. The van der Waals surface area contributed by atoms with Crippen LogP contribution in [0.15, 0.2) is 24.8 Å². The van der Waals surface area contributed by atoms with Crippen LogP contribution >= 0.6 is 0 Å². The molecule has 1 aliphatic rings. The van der Waals surface area contributed by atoms with Crippen molar-refractivity contribution < 1.29 is 4.79 Å². The number of aromatic nitrogens is 5. The average Bonchev–Trinajstić information content (AvgIpc) is 3.18. The van der Waals surface area contributed by atoms with Crippen LogP contribution in [-0.4, -0.2) is 61.9 Å². The molecular weight excluding hydrogens is 306 g/mol. The van der Waals surface area contributed by atoms with Gasteiger partial charge < -0.3 is 9.80 Å². The van der Waals surface area contributed by atoms with E-state index in [1.807, 2.05) is 17.0 Å². The standard InChI is InChI=1S/C16H23N7O/c1-3-13(4-2)16(24)22-9-7-21(8-10-22)14-5-6-15(20-19-14)23-12-17-11-18-23/h5-6,11-13H,3-4,7-10H2,1-2H3. The van der Waals surface area contributed by atoms with Crippen molar-refractivity contribution in [1.82, 2.24) is 29.9 Å². The van der Waals surface area contributed by atoms with Crippen LogP contribution in [0.5, 0.6) is 0 Å². The molecule has 128 valence electrons. The molecular formula is C16H23N7O. The molecule has 1 fully saturated rings. The first-order valence-electron chi connectivity index (χ1n) is 8.45. The molecule has 0 N–H and O–H groups in total. The molecule has 2 aromatic heterocycles. The zero-order chi connectivity index (χ0) is 16.9. The van der Waals surface area contributed by atoms with Gasteiger partial charge in [-0.15, -0.1) is 10.2 Å². The topological polar surface area (TPSA) is 80.0 Å². The van der Waals surface area contributed by atoms with Crippen molar-refractivity contribution in [2.45, 2.75) is 26.7 Å². The maximum atomic E-state index is 12.4. The Labute approximate surface area is 141 Å². The first kappa shape index (κ1) is 16.4. The molecule has 0 spiro atoms. The van der Waals surface area contributed by atoms with Crippen LogP contribution in [0, 0.1) is 5.92 Å². The van der Waals surface area contributed by atoms with Gasteiger partial charge in [-0.3, -0.25) is 4.79 Å². The van der Waals surface area contributed by atoms with Gasteiger partial charge in [0.1, 0.15) is 12.7 Å². The Balaban J connectivity index is 1.59. The molecule has 8 nitrogen and oxygen atoms in total. The van der Waals surface area contributed by atoms with Gasteiger partial charge in [0.2, 0.25) is 5.91 Å². The quantitative estimate of drug-likeness (QED) is 0.818. The van der Waals surface area contributed by atoms with Crippen molar-refractivity contribution >= 4 is 11.7 Å². The van der Waals surface area contributed by atoms with Gasteiger partial charge in [0.25, 0.3) is 0 Å². The fourth-order valence-electron chi connectivity index (χ4n) is 2.99. The monoisotopic (exact) mass is 329 g/mol. The Morgan fingerprint density at radius 1 is 1.08 bits per heavy atom. The number of hydrogen-bond donors (Lipinski definition) is 0. The van der Waals surface area contributed by atoms with E-state index in [1.54, 1.807) is 11.0 Å². The van der Waals surface area contributed by atoms with E-state index >= 15 is 0 Å². The minimum atomic E-state index is 0.151. The van der Waals surface area contributed by atoms with Crippen LogP contribution in [0.2, 0.25) is 0 Å². The lowest BCUT2D eigenvalue weighted by molar-refractivity contribution is -0.136. The van der Waals surface area contributed by atoms with Gasteiger partial charge in [-0.25, -0.2) is 9.67 Å². The molecule has 0 radical (unpaired) electrons. The molecule has 1 amide bonds. The SMILES string of the molecule is CCC(CC)C(=O)N1CCN(c2ccc(-n3cncn3)nn2)CC1. The van der Waals surface area contributed by atoms with Crippen LogP contribution < -0.4 is 4.90 Å². The minimum absolute atomic E-state index is 0.151. The van der Waals surface area contributed by atoms with Gasteiger partial charge in [0.05, 0.1) is 0 Å². The largest absolute Gasteiger partial charge is 0.352 e. The van der Waals surface area contributed by atoms with E-state index in [0.29, 0.717) is 5.82 Å². The molecule has 2 aromatic rings. The second kappa shape index (κ2) is 7.37. The Morgan fingerprint density at radius 3 is 2.29 bits per heavy atom. The average molecular weight is 329 g/mol. The lowest BCUT2D eigenvalue weighted by atomic mass is 10.0. The Bertz CT molecular complexity index is 644. The number of hydrogen-bond acceptors (Lipinski definition) is 6. The smallest absolute Gasteiger partial charge is 0.225 e. The van der Waals surface area contributed by atoms with E-state index in [4.69, 9.17) is 0 Å². The maximum Gasteiger partial charge on any atom is 0.225 e. The molecule has 24 heavy (non-hydrogen) atoms. The third-order valence-corrected chi connectivity index (χ3v) is 4.54. The van der Waals surface area contributed by atoms with Crippen LogP contribution in [0.4, 0.5) is 5.82 Å². The zero-order valence-corrected chi connectivity index (χ0v) is 14.2. The van der Waals surface area contributed by atoms with E-state index in [2.05, 4.69) is 39.0 Å². The number of carbonyl (C=O) groups is 1. The second-order valence-corrected chi connectivity index (χ2v) is 5.92. The van der Waals surface area contributed by atoms with Crippen molar-refractivity contribution in [3.05, 3.63) is 24.8 Å². The molecule has 1 saturated heterocycles. The van der Waals surface area contributed by atoms with Crippen molar-refractivity contribution in [2.75, 3.05) is 31.1 Å². The van der Waals surface area contributed by atoms with Gasteiger partial charge in [0.15, 0.2) is 11.6 Å². The first-order chi connectivity index (χ1) is 11.7. The summed E-state index contributed by atoms with van der Waals surface area (Å²) in [4.78, 5) is 20.5. The summed E-state index contributed by atoms with van der Waals surface area (Å²) >= 11 is 0. The summed E-state index contributed by atoms with van der Waals surface area (Å²) in [5.74, 6) is 1.90. The van der Waals surface area contributed by atoms with Gasteiger partial charge in [-0.05, 0) is 25.0 Å². The summed E-state index contributed by atoms with van der Waals surface area (Å²) in [7, 11) is 0. The Kier molecular flexibility index (Phi) is 5.02. The summed E-state index contributed by atoms with van der Waals surface area (Å²) in [6, 6.07) is 3.81. The third kappa shape index (κ3) is 3.37. The zero-order valence-electron chi connectivity index (χ0n) is 14.2. The normalized spacial score (nSPS) is 15.1. The second-order valence-electron chi connectivity index (χ2n) is 5.92. The fourth-order valence-corrected chi connectivity index (χ4v) is 2.99. The first-order valence-corrected chi connectivity index (χ1v) is 8.45. The van der Waals surface area contributed by atoms with Crippen molar-refractivity contribution in [3.63, 3.8) is 0 Å².